The van der Waals surface area contributed by atoms with Crippen molar-refractivity contribution in [1.29, 1.82) is 0 Å². The van der Waals surface area contributed by atoms with Gasteiger partial charge in [-0.3, -0.25) is 19.3 Å². The molecule has 0 bridgehead atoms. The smallest absolute Gasteiger partial charge is 0.256 e. The van der Waals surface area contributed by atoms with Gasteiger partial charge in [0.15, 0.2) is 0 Å². The van der Waals surface area contributed by atoms with Gasteiger partial charge in [0.05, 0.1) is 6.61 Å². The topological polar surface area (TPSA) is 79.0 Å². The van der Waals surface area contributed by atoms with E-state index in [2.05, 4.69) is 5.32 Å². The Morgan fingerprint density at radius 1 is 0.941 bits per heavy atom. The van der Waals surface area contributed by atoms with Gasteiger partial charge in [-0.15, -0.1) is 0 Å². The van der Waals surface area contributed by atoms with Crippen LogP contribution in [-0.4, -0.2) is 65.0 Å². The van der Waals surface area contributed by atoms with E-state index in [1.54, 1.807) is 4.90 Å². The molecule has 1 N–H and O–H groups in total. The Hall–Kier alpha value is -3.26. The minimum absolute atomic E-state index is 0.0627. The minimum Gasteiger partial charge on any atom is -0.353 e. The predicted molar refractivity (Wildman–Crippen MR) is 123 cm³/mol. The molecular formula is C26H28FN3O4. The third-order valence-electron chi connectivity index (χ3n) is 6.93. The van der Waals surface area contributed by atoms with Crippen molar-refractivity contribution in [3.8, 4) is 0 Å². The molecule has 34 heavy (non-hydrogen) atoms. The zero-order valence-electron chi connectivity index (χ0n) is 19.1. The summed E-state index contributed by atoms with van der Waals surface area (Å²) in [6, 6.07) is 12.2. The highest BCUT2D eigenvalue weighted by molar-refractivity contribution is 5.98. The van der Waals surface area contributed by atoms with Crippen molar-refractivity contribution in [3.05, 3.63) is 71.0 Å². The molecule has 1 aliphatic carbocycles. The molecule has 0 radical (unpaired) electrons. The molecule has 1 saturated carbocycles. The van der Waals surface area contributed by atoms with Crippen LogP contribution in [0.15, 0.2) is 48.5 Å². The third kappa shape index (κ3) is 4.30. The first-order valence-electron chi connectivity index (χ1n) is 11.8. The van der Waals surface area contributed by atoms with E-state index in [0.717, 1.165) is 18.4 Å². The molecule has 3 aliphatic rings. The number of hydrogen-bond donors (Lipinski definition) is 1. The second kappa shape index (κ2) is 8.83. The van der Waals surface area contributed by atoms with Gasteiger partial charge in [-0.25, -0.2) is 4.39 Å². The Morgan fingerprint density at radius 2 is 1.53 bits per heavy atom. The summed E-state index contributed by atoms with van der Waals surface area (Å²) >= 11 is 0. The molecule has 0 aromatic heterocycles. The fourth-order valence-corrected chi connectivity index (χ4v) is 4.76. The second-order valence-electron chi connectivity index (χ2n) is 9.40. The number of piperidine rings is 1. The normalized spacial score (nSPS) is 21.5. The van der Waals surface area contributed by atoms with Crippen LogP contribution in [0.25, 0.3) is 0 Å². The molecule has 2 aromatic carbocycles. The van der Waals surface area contributed by atoms with Crippen LogP contribution < -0.4 is 5.32 Å². The van der Waals surface area contributed by atoms with Crippen molar-refractivity contribution < 1.29 is 23.5 Å². The Balaban J connectivity index is 1.37. The van der Waals surface area contributed by atoms with Crippen LogP contribution in [0.3, 0.4) is 0 Å². The van der Waals surface area contributed by atoms with Crippen LogP contribution in [0.4, 0.5) is 4.39 Å². The van der Waals surface area contributed by atoms with Crippen molar-refractivity contribution >= 4 is 17.7 Å². The van der Waals surface area contributed by atoms with Gasteiger partial charge in [-0.05, 0) is 56.2 Å². The van der Waals surface area contributed by atoms with Crippen molar-refractivity contribution in [2.24, 2.45) is 0 Å². The first-order chi connectivity index (χ1) is 16.4. The van der Waals surface area contributed by atoms with Gasteiger partial charge in [-0.2, -0.15) is 0 Å². The molecule has 5 rings (SSSR count). The van der Waals surface area contributed by atoms with Crippen molar-refractivity contribution in [2.75, 3.05) is 19.7 Å². The molecular weight excluding hydrogens is 437 g/mol. The van der Waals surface area contributed by atoms with E-state index in [4.69, 9.17) is 4.74 Å². The number of rotatable bonds is 4. The Kier molecular flexibility index (Phi) is 5.85. The summed E-state index contributed by atoms with van der Waals surface area (Å²) < 4.78 is 19.6. The summed E-state index contributed by atoms with van der Waals surface area (Å²) in [7, 11) is 0. The molecule has 7 nitrogen and oxygen atoms in total. The summed E-state index contributed by atoms with van der Waals surface area (Å²) in [6.07, 6.45) is 2.66. The highest BCUT2D eigenvalue weighted by Gasteiger charge is 2.54. The number of hydrogen-bond acceptors (Lipinski definition) is 4. The molecule has 2 aliphatic heterocycles. The fourth-order valence-electron chi connectivity index (χ4n) is 4.76. The van der Waals surface area contributed by atoms with Crippen molar-refractivity contribution in [1.82, 2.24) is 15.1 Å². The average Bonchev–Trinajstić information content (AvgIpc) is 3.59. The number of likely N-dealkylation sites (tertiary alicyclic amines) is 1. The molecule has 3 amide bonds. The van der Waals surface area contributed by atoms with E-state index in [9.17, 15) is 18.8 Å². The van der Waals surface area contributed by atoms with E-state index < -0.39 is 17.6 Å². The number of halogens is 1. The average molecular weight is 466 g/mol. The maximum absolute atomic E-state index is 13.6. The summed E-state index contributed by atoms with van der Waals surface area (Å²) in [5.41, 5.74) is 1.02. The van der Waals surface area contributed by atoms with E-state index >= 15 is 0 Å². The van der Waals surface area contributed by atoms with Gasteiger partial charge in [0.1, 0.15) is 17.6 Å². The standard InChI is InChI=1S/C26H28FN3O4/c1-17-2-4-18(5-3-17)24(32)29-14-12-26(13-15-29)30(25(33)19-6-8-20(27)9-7-19)22(16-34-26)23(31)28-21-10-11-21/h2-9,21-22H,10-16H2,1H3,(H,28,31). The first kappa shape index (κ1) is 22.5. The summed E-state index contributed by atoms with van der Waals surface area (Å²) in [5, 5.41) is 2.98. The van der Waals surface area contributed by atoms with Crippen LogP contribution in [0.5, 0.6) is 0 Å². The van der Waals surface area contributed by atoms with Crippen LogP contribution in [0, 0.1) is 12.7 Å². The Bertz CT molecular complexity index is 1090. The maximum Gasteiger partial charge on any atom is 0.256 e. The van der Waals surface area contributed by atoms with Gasteiger partial charge in [0, 0.05) is 43.1 Å². The van der Waals surface area contributed by atoms with Crippen LogP contribution in [0.1, 0.15) is 52.0 Å². The lowest BCUT2D eigenvalue weighted by molar-refractivity contribution is -0.128. The van der Waals surface area contributed by atoms with E-state index in [1.807, 2.05) is 31.2 Å². The molecule has 178 valence electrons. The SMILES string of the molecule is Cc1ccc(C(=O)N2CCC3(CC2)OCC(C(=O)NC2CC2)N3C(=O)c2ccc(F)cc2)cc1. The highest BCUT2D eigenvalue weighted by atomic mass is 19.1. The van der Waals surface area contributed by atoms with Gasteiger partial charge in [0.2, 0.25) is 5.91 Å². The number of ether oxygens (including phenoxy) is 1. The Morgan fingerprint density at radius 3 is 2.15 bits per heavy atom. The molecule has 8 heteroatoms. The lowest BCUT2D eigenvalue weighted by Gasteiger charge is -2.44. The second-order valence-corrected chi connectivity index (χ2v) is 9.40. The Labute approximate surface area is 197 Å². The molecule has 1 spiro atoms. The lowest BCUT2D eigenvalue weighted by atomic mass is 9.96. The number of amides is 3. The summed E-state index contributed by atoms with van der Waals surface area (Å²) in [6.45, 7) is 2.87. The molecule has 3 fully saturated rings. The summed E-state index contributed by atoms with van der Waals surface area (Å²) in [5.74, 6) is -1.10. The lowest BCUT2D eigenvalue weighted by Crippen LogP contribution is -2.60. The molecule has 2 saturated heterocycles. The van der Waals surface area contributed by atoms with E-state index in [-0.39, 0.29) is 30.4 Å². The van der Waals surface area contributed by atoms with Gasteiger partial charge >= 0.3 is 0 Å². The van der Waals surface area contributed by atoms with E-state index in [0.29, 0.717) is 37.1 Å². The third-order valence-corrected chi connectivity index (χ3v) is 6.93. The minimum atomic E-state index is -0.985. The van der Waals surface area contributed by atoms with E-state index in [1.165, 1.54) is 29.2 Å². The zero-order valence-corrected chi connectivity index (χ0v) is 19.1. The van der Waals surface area contributed by atoms with Crippen LogP contribution in [0.2, 0.25) is 0 Å². The monoisotopic (exact) mass is 465 g/mol. The van der Waals surface area contributed by atoms with Gasteiger partial charge < -0.3 is 15.0 Å². The summed E-state index contributed by atoms with van der Waals surface area (Å²) in [4.78, 5) is 42.9. The first-order valence-corrected chi connectivity index (χ1v) is 11.8. The van der Waals surface area contributed by atoms with Gasteiger partial charge in [0.25, 0.3) is 11.8 Å². The van der Waals surface area contributed by atoms with Crippen molar-refractivity contribution in [2.45, 2.75) is 50.4 Å². The molecule has 1 atom stereocenters. The number of benzene rings is 2. The highest BCUT2D eigenvalue weighted by Crippen LogP contribution is 2.39. The quantitative estimate of drug-likeness (QED) is 0.753. The number of aryl methyl sites for hydroxylation is 1. The number of nitrogens with one attached hydrogen (secondary N) is 1. The van der Waals surface area contributed by atoms with Gasteiger partial charge in [-0.1, -0.05) is 17.7 Å². The zero-order chi connectivity index (χ0) is 23.9. The van der Waals surface area contributed by atoms with Crippen molar-refractivity contribution in [3.63, 3.8) is 0 Å². The number of carbonyl (C=O) groups excluding carboxylic acids is 3. The van der Waals surface area contributed by atoms with Crippen LogP contribution >= 0.6 is 0 Å². The largest absolute Gasteiger partial charge is 0.353 e. The predicted octanol–water partition coefficient (Wildman–Crippen LogP) is 2.89. The van der Waals surface area contributed by atoms with Crippen LogP contribution in [-0.2, 0) is 9.53 Å². The molecule has 1 unspecified atom stereocenters. The fraction of sp³-hybridized carbons (Fsp3) is 0.423. The maximum atomic E-state index is 13.6. The molecule has 2 heterocycles. The number of carbonyl (C=O) groups is 3. The number of nitrogens with zero attached hydrogens (tertiary/aromatic N) is 2. The molecule has 2 aromatic rings.